The summed E-state index contributed by atoms with van der Waals surface area (Å²) in [4.78, 5) is 25.6. The number of nitrogens with zero attached hydrogens (tertiary/aromatic N) is 4. The molecule has 0 N–H and O–H groups in total. The summed E-state index contributed by atoms with van der Waals surface area (Å²) in [7, 11) is 1.60. The average molecular weight is 459 g/mol. The number of benzene rings is 2. The number of methoxy groups -OCH3 is 1. The Hall–Kier alpha value is -3.45. The third kappa shape index (κ3) is 3.90. The van der Waals surface area contributed by atoms with Crippen LogP contribution in [-0.2, 0) is 22.6 Å². The fourth-order valence-corrected chi connectivity index (χ4v) is 5.19. The van der Waals surface area contributed by atoms with E-state index in [2.05, 4.69) is 61.7 Å². The Morgan fingerprint density at radius 3 is 2.74 bits per heavy atom. The molecule has 1 aromatic heterocycles. The first-order valence-corrected chi connectivity index (χ1v) is 11.7. The summed E-state index contributed by atoms with van der Waals surface area (Å²) < 4.78 is 11.9. The van der Waals surface area contributed by atoms with Gasteiger partial charge in [0, 0.05) is 37.7 Å². The summed E-state index contributed by atoms with van der Waals surface area (Å²) in [6.45, 7) is 10.2. The van der Waals surface area contributed by atoms with Gasteiger partial charge in [0.1, 0.15) is 5.82 Å². The van der Waals surface area contributed by atoms with E-state index in [1.807, 2.05) is 4.90 Å². The fourth-order valence-electron chi connectivity index (χ4n) is 5.19. The standard InChI is InChI=1S/C27H30N4O3/c1-5-24(32)30-12-13-31(18(3)15-30)26-21-16-34-23(14-22(21)28-27(29-26)33-4)20-11-7-10-19-9-6-8-17(2)25(19)20/h5-11,18,23H,1,12-16H2,2-4H3. The van der Waals surface area contributed by atoms with Crippen molar-refractivity contribution < 1.29 is 14.3 Å². The number of rotatable bonds is 4. The number of ether oxygens (including phenoxy) is 2. The van der Waals surface area contributed by atoms with Crippen molar-refractivity contribution in [1.82, 2.24) is 14.9 Å². The molecule has 7 nitrogen and oxygen atoms in total. The molecular weight excluding hydrogens is 428 g/mol. The van der Waals surface area contributed by atoms with Gasteiger partial charge in [0.15, 0.2) is 0 Å². The molecule has 2 aromatic carbocycles. The summed E-state index contributed by atoms with van der Waals surface area (Å²) in [5, 5.41) is 2.46. The fraction of sp³-hybridized carbons (Fsp3) is 0.370. The van der Waals surface area contributed by atoms with Crippen molar-refractivity contribution in [3.8, 4) is 6.01 Å². The van der Waals surface area contributed by atoms with E-state index < -0.39 is 0 Å². The predicted octanol–water partition coefficient (Wildman–Crippen LogP) is 3.98. The summed E-state index contributed by atoms with van der Waals surface area (Å²) >= 11 is 0. The maximum atomic E-state index is 12.1. The van der Waals surface area contributed by atoms with Crippen molar-refractivity contribution in [1.29, 1.82) is 0 Å². The Labute approximate surface area is 200 Å². The minimum absolute atomic E-state index is 0.0367. The van der Waals surface area contributed by atoms with Crippen LogP contribution >= 0.6 is 0 Å². The molecule has 2 unspecified atom stereocenters. The van der Waals surface area contributed by atoms with Gasteiger partial charge in [-0.05, 0) is 41.8 Å². The van der Waals surface area contributed by atoms with Crippen LogP contribution in [0.15, 0.2) is 49.1 Å². The highest BCUT2D eigenvalue weighted by atomic mass is 16.5. The molecule has 0 radical (unpaired) electrons. The quantitative estimate of drug-likeness (QED) is 0.551. The van der Waals surface area contributed by atoms with E-state index in [1.54, 1.807) is 7.11 Å². The molecule has 1 saturated heterocycles. The normalized spacial score (nSPS) is 20.2. The van der Waals surface area contributed by atoms with Gasteiger partial charge < -0.3 is 19.3 Å². The number of aromatic nitrogens is 2. The highest BCUT2D eigenvalue weighted by Crippen LogP contribution is 2.38. The van der Waals surface area contributed by atoms with Gasteiger partial charge in [-0.1, -0.05) is 43.0 Å². The minimum atomic E-state index is -0.0933. The summed E-state index contributed by atoms with van der Waals surface area (Å²) in [5.41, 5.74) is 4.39. The topological polar surface area (TPSA) is 67.8 Å². The zero-order valence-electron chi connectivity index (χ0n) is 20.0. The Morgan fingerprint density at radius 2 is 2.00 bits per heavy atom. The van der Waals surface area contributed by atoms with Crippen molar-refractivity contribution in [3.05, 3.63) is 71.4 Å². The zero-order valence-corrected chi connectivity index (χ0v) is 20.0. The van der Waals surface area contributed by atoms with Crippen molar-refractivity contribution in [2.45, 2.75) is 39.0 Å². The SMILES string of the molecule is C=CC(=O)N1CCN(c2nc(OC)nc3c2COC(c2cccc4cccc(C)c24)C3)C(C)C1. The number of hydrogen-bond donors (Lipinski definition) is 0. The van der Waals surface area contributed by atoms with E-state index in [1.165, 1.54) is 28.0 Å². The van der Waals surface area contributed by atoms with Crippen LogP contribution in [0.1, 0.15) is 35.4 Å². The zero-order chi connectivity index (χ0) is 23.8. The number of carbonyl (C=O) groups excluding carboxylic acids is 1. The lowest BCUT2D eigenvalue weighted by Crippen LogP contribution is -2.54. The van der Waals surface area contributed by atoms with E-state index in [9.17, 15) is 4.79 Å². The first-order valence-electron chi connectivity index (χ1n) is 11.7. The summed E-state index contributed by atoms with van der Waals surface area (Å²) in [6, 6.07) is 13.2. The van der Waals surface area contributed by atoms with E-state index in [4.69, 9.17) is 19.4 Å². The first kappa shape index (κ1) is 22.3. The second-order valence-electron chi connectivity index (χ2n) is 9.01. The molecule has 2 aliphatic rings. The van der Waals surface area contributed by atoms with Crippen LogP contribution in [0.4, 0.5) is 5.82 Å². The molecule has 1 amide bonds. The number of aryl methyl sites for hydroxylation is 1. The van der Waals surface area contributed by atoms with Crippen LogP contribution < -0.4 is 9.64 Å². The number of piperazine rings is 1. The minimum Gasteiger partial charge on any atom is -0.467 e. The first-order chi connectivity index (χ1) is 16.5. The van der Waals surface area contributed by atoms with Crippen molar-refractivity contribution in [2.24, 2.45) is 0 Å². The Bertz CT molecular complexity index is 1250. The number of anilines is 1. The van der Waals surface area contributed by atoms with Gasteiger partial charge in [-0.2, -0.15) is 9.97 Å². The number of hydrogen-bond acceptors (Lipinski definition) is 6. The number of fused-ring (bicyclic) bond motifs is 2. The molecule has 2 atom stereocenters. The van der Waals surface area contributed by atoms with Crippen LogP contribution in [0, 0.1) is 6.92 Å². The van der Waals surface area contributed by atoms with Crippen LogP contribution in [-0.4, -0.2) is 53.6 Å². The molecule has 3 aromatic rings. The number of amides is 1. The van der Waals surface area contributed by atoms with Crippen LogP contribution in [0.25, 0.3) is 10.8 Å². The lowest BCUT2D eigenvalue weighted by atomic mass is 9.92. The van der Waals surface area contributed by atoms with Crippen LogP contribution in [0.2, 0.25) is 0 Å². The van der Waals surface area contributed by atoms with Gasteiger partial charge in [0.2, 0.25) is 5.91 Å². The molecule has 2 aliphatic heterocycles. The van der Waals surface area contributed by atoms with Crippen LogP contribution in [0.3, 0.4) is 0 Å². The molecule has 3 heterocycles. The Morgan fingerprint density at radius 1 is 1.21 bits per heavy atom. The van der Waals surface area contributed by atoms with Crippen LogP contribution in [0.5, 0.6) is 6.01 Å². The largest absolute Gasteiger partial charge is 0.467 e. The third-order valence-electron chi connectivity index (χ3n) is 6.92. The van der Waals surface area contributed by atoms with Crippen molar-refractivity contribution >= 4 is 22.5 Å². The van der Waals surface area contributed by atoms with Crippen molar-refractivity contribution in [3.63, 3.8) is 0 Å². The second kappa shape index (κ2) is 9.06. The van der Waals surface area contributed by atoms with E-state index in [-0.39, 0.29) is 18.1 Å². The molecule has 0 saturated carbocycles. The predicted molar refractivity (Wildman–Crippen MR) is 132 cm³/mol. The molecule has 34 heavy (non-hydrogen) atoms. The molecule has 0 aliphatic carbocycles. The average Bonchev–Trinajstić information content (AvgIpc) is 2.87. The number of carbonyl (C=O) groups is 1. The van der Waals surface area contributed by atoms with Gasteiger partial charge in [-0.3, -0.25) is 4.79 Å². The molecule has 0 bridgehead atoms. The Kier molecular flexibility index (Phi) is 5.96. The highest BCUT2D eigenvalue weighted by molar-refractivity contribution is 5.89. The summed E-state index contributed by atoms with van der Waals surface area (Å²) in [5.74, 6) is 0.804. The van der Waals surface area contributed by atoms with Gasteiger partial charge >= 0.3 is 6.01 Å². The monoisotopic (exact) mass is 458 g/mol. The molecule has 0 spiro atoms. The third-order valence-corrected chi connectivity index (χ3v) is 6.92. The Balaban J connectivity index is 1.49. The van der Waals surface area contributed by atoms with Crippen molar-refractivity contribution in [2.75, 3.05) is 31.6 Å². The molecule has 7 heteroatoms. The van der Waals surface area contributed by atoms with E-state index in [0.29, 0.717) is 38.7 Å². The second-order valence-corrected chi connectivity index (χ2v) is 9.01. The van der Waals surface area contributed by atoms with Gasteiger partial charge in [-0.15, -0.1) is 0 Å². The summed E-state index contributed by atoms with van der Waals surface area (Å²) in [6.07, 6.45) is 1.93. The molecule has 1 fully saturated rings. The molecule has 5 rings (SSSR count). The maximum absolute atomic E-state index is 12.1. The highest BCUT2D eigenvalue weighted by Gasteiger charge is 2.33. The van der Waals surface area contributed by atoms with Gasteiger partial charge in [0.25, 0.3) is 0 Å². The molecule has 176 valence electrons. The molecular formula is C27H30N4O3. The van der Waals surface area contributed by atoms with E-state index >= 15 is 0 Å². The maximum Gasteiger partial charge on any atom is 0.318 e. The van der Waals surface area contributed by atoms with E-state index in [0.717, 1.165) is 17.1 Å². The smallest absolute Gasteiger partial charge is 0.318 e. The lowest BCUT2D eigenvalue weighted by Gasteiger charge is -2.41. The van der Waals surface area contributed by atoms with Gasteiger partial charge in [-0.25, -0.2) is 0 Å². The lowest BCUT2D eigenvalue weighted by molar-refractivity contribution is -0.126. The van der Waals surface area contributed by atoms with Gasteiger partial charge in [0.05, 0.1) is 25.5 Å².